The molecule has 1 aliphatic rings. The van der Waals surface area contributed by atoms with Crippen molar-refractivity contribution in [1.29, 1.82) is 0 Å². The van der Waals surface area contributed by atoms with Crippen LogP contribution < -0.4 is 10.1 Å². The molecule has 2 rings (SSSR count). The highest BCUT2D eigenvalue weighted by Crippen LogP contribution is 2.09. The van der Waals surface area contributed by atoms with Crippen molar-refractivity contribution < 1.29 is 18.7 Å². The van der Waals surface area contributed by atoms with Crippen molar-refractivity contribution >= 4 is 5.91 Å². The topological polar surface area (TPSA) is 60.5 Å². The summed E-state index contributed by atoms with van der Waals surface area (Å²) in [5.74, 6) is -0.390. The van der Waals surface area contributed by atoms with Crippen molar-refractivity contribution in [3.8, 4) is 5.75 Å². The first-order valence-corrected chi connectivity index (χ1v) is 5.85. The zero-order chi connectivity index (χ0) is 12.8. The first-order valence-electron chi connectivity index (χ1n) is 5.85. The maximum atomic E-state index is 12.5. The van der Waals surface area contributed by atoms with E-state index in [2.05, 4.69) is 10.3 Å². The molecule has 0 spiro atoms. The van der Waals surface area contributed by atoms with Gasteiger partial charge in [0.25, 0.3) is 5.91 Å². The van der Waals surface area contributed by atoms with E-state index in [1.54, 1.807) is 0 Å². The van der Waals surface area contributed by atoms with Crippen LogP contribution in [0.1, 0.15) is 12.8 Å². The summed E-state index contributed by atoms with van der Waals surface area (Å²) in [5, 5.41) is 2.86. The fraction of sp³-hybridized carbons (Fsp3) is 0.500. The molecule has 0 radical (unpaired) electrons. The summed E-state index contributed by atoms with van der Waals surface area (Å²) in [4.78, 5) is 15.0. The molecular formula is C12H15FN2O3. The second kappa shape index (κ2) is 6.30. The van der Waals surface area contributed by atoms with Crippen LogP contribution in [0.3, 0.4) is 0 Å². The number of ether oxygens (including phenoxy) is 2. The summed E-state index contributed by atoms with van der Waals surface area (Å²) in [7, 11) is 0. The molecule has 1 aromatic heterocycles. The van der Waals surface area contributed by atoms with Crippen LogP contribution >= 0.6 is 0 Å². The van der Waals surface area contributed by atoms with Gasteiger partial charge in [0.1, 0.15) is 5.75 Å². The van der Waals surface area contributed by atoms with E-state index >= 15 is 0 Å². The van der Waals surface area contributed by atoms with Crippen LogP contribution in [0.15, 0.2) is 18.3 Å². The number of hydrogen-bond donors (Lipinski definition) is 1. The van der Waals surface area contributed by atoms with Gasteiger partial charge in [0.15, 0.2) is 6.61 Å². The van der Waals surface area contributed by atoms with Gasteiger partial charge in [-0.2, -0.15) is 4.39 Å². The predicted octanol–water partition coefficient (Wildman–Crippen LogP) is 0.895. The Hall–Kier alpha value is -1.69. The Labute approximate surface area is 104 Å². The quantitative estimate of drug-likeness (QED) is 0.811. The Morgan fingerprint density at radius 3 is 2.94 bits per heavy atom. The van der Waals surface area contributed by atoms with Gasteiger partial charge in [-0.1, -0.05) is 0 Å². The zero-order valence-electron chi connectivity index (χ0n) is 9.89. The lowest BCUT2D eigenvalue weighted by atomic mass is 10.1. The highest BCUT2D eigenvalue weighted by atomic mass is 19.1. The number of nitrogens with zero attached hydrogens (tertiary/aromatic N) is 1. The fourth-order valence-corrected chi connectivity index (χ4v) is 1.71. The minimum absolute atomic E-state index is 0.0926. The predicted molar refractivity (Wildman–Crippen MR) is 61.7 cm³/mol. The minimum Gasteiger partial charge on any atom is -0.482 e. The molecule has 1 amide bonds. The van der Waals surface area contributed by atoms with Crippen molar-refractivity contribution in [2.24, 2.45) is 0 Å². The maximum absolute atomic E-state index is 12.5. The lowest BCUT2D eigenvalue weighted by molar-refractivity contribution is -0.124. The first-order chi connectivity index (χ1) is 8.74. The first kappa shape index (κ1) is 12.8. The molecule has 0 saturated carbocycles. The average Bonchev–Trinajstić information content (AvgIpc) is 2.39. The van der Waals surface area contributed by atoms with Gasteiger partial charge in [0.2, 0.25) is 5.95 Å². The number of carbonyl (C=O) groups is 1. The lowest BCUT2D eigenvalue weighted by Crippen LogP contribution is -2.41. The molecule has 5 nitrogen and oxygen atoms in total. The highest BCUT2D eigenvalue weighted by molar-refractivity contribution is 5.77. The molecule has 0 aromatic carbocycles. The van der Waals surface area contributed by atoms with Crippen LogP contribution in [-0.4, -0.2) is 36.8 Å². The van der Waals surface area contributed by atoms with Crippen LogP contribution in [0, 0.1) is 5.95 Å². The normalized spacial score (nSPS) is 16.3. The molecule has 1 fully saturated rings. The van der Waals surface area contributed by atoms with Gasteiger partial charge in [-0.15, -0.1) is 0 Å². The Morgan fingerprint density at radius 1 is 1.50 bits per heavy atom. The monoisotopic (exact) mass is 254 g/mol. The number of carbonyl (C=O) groups excluding carboxylic acids is 1. The average molecular weight is 254 g/mol. The molecule has 1 saturated heterocycles. The van der Waals surface area contributed by atoms with E-state index in [-0.39, 0.29) is 18.6 Å². The summed E-state index contributed by atoms with van der Waals surface area (Å²) >= 11 is 0. The molecule has 18 heavy (non-hydrogen) atoms. The molecule has 0 atom stereocenters. The third-order valence-electron chi connectivity index (χ3n) is 2.66. The highest BCUT2D eigenvalue weighted by Gasteiger charge is 2.16. The number of amides is 1. The number of aromatic nitrogens is 1. The zero-order valence-corrected chi connectivity index (χ0v) is 9.89. The largest absolute Gasteiger partial charge is 0.482 e. The van der Waals surface area contributed by atoms with Gasteiger partial charge in [-0.3, -0.25) is 4.79 Å². The van der Waals surface area contributed by atoms with Crippen LogP contribution in [0.25, 0.3) is 0 Å². The van der Waals surface area contributed by atoms with E-state index < -0.39 is 5.95 Å². The number of nitrogens with one attached hydrogen (secondary N) is 1. The van der Waals surface area contributed by atoms with E-state index in [0.29, 0.717) is 19.0 Å². The van der Waals surface area contributed by atoms with Gasteiger partial charge < -0.3 is 14.8 Å². The minimum atomic E-state index is -0.575. The summed E-state index contributed by atoms with van der Waals surface area (Å²) in [6, 6.07) is 2.77. The number of rotatable bonds is 4. The standard InChI is InChI=1S/C12H15FN2O3/c13-11-2-1-10(7-14-11)18-8-12(16)15-9-3-5-17-6-4-9/h1-2,7,9H,3-6,8H2,(H,15,16). The molecule has 1 aromatic rings. The Kier molecular flexibility index (Phi) is 4.46. The Bertz CT molecular complexity index is 391. The van der Waals surface area contributed by atoms with Crippen LogP contribution in [0.2, 0.25) is 0 Å². The van der Waals surface area contributed by atoms with Crippen molar-refractivity contribution in [2.75, 3.05) is 19.8 Å². The fourth-order valence-electron chi connectivity index (χ4n) is 1.71. The van der Waals surface area contributed by atoms with Crippen LogP contribution in [0.4, 0.5) is 4.39 Å². The molecule has 0 bridgehead atoms. The number of hydrogen-bond acceptors (Lipinski definition) is 4. The summed E-state index contributed by atoms with van der Waals surface area (Å²) < 4.78 is 22.9. The van der Waals surface area contributed by atoms with Crippen molar-refractivity contribution in [2.45, 2.75) is 18.9 Å². The van der Waals surface area contributed by atoms with Crippen LogP contribution in [-0.2, 0) is 9.53 Å². The van der Waals surface area contributed by atoms with Gasteiger partial charge in [0, 0.05) is 19.3 Å². The van der Waals surface area contributed by atoms with Crippen molar-refractivity contribution in [3.63, 3.8) is 0 Å². The molecule has 98 valence electrons. The molecule has 1 aliphatic heterocycles. The molecule has 0 unspecified atom stereocenters. The van der Waals surface area contributed by atoms with E-state index in [4.69, 9.17) is 9.47 Å². The summed E-state index contributed by atoms with van der Waals surface area (Å²) in [5.41, 5.74) is 0. The maximum Gasteiger partial charge on any atom is 0.258 e. The van der Waals surface area contributed by atoms with Crippen LogP contribution in [0.5, 0.6) is 5.75 Å². The lowest BCUT2D eigenvalue weighted by Gasteiger charge is -2.23. The second-order valence-electron chi connectivity index (χ2n) is 4.06. The van der Waals surface area contributed by atoms with Gasteiger partial charge in [-0.05, 0) is 25.0 Å². The molecule has 1 N–H and O–H groups in total. The molecule has 2 heterocycles. The molecule has 0 aliphatic carbocycles. The van der Waals surface area contributed by atoms with Crippen molar-refractivity contribution in [1.82, 2.24) is 10.3 Å². The smallest absolute Gasteiger partial charge is 0.258 e. The van der Waals surface area contributed by atoms with E-state index in [1.807, 2.05) is 0 Å². The van der Waals surface area contributed by atoms with Gasteiger partial charge >= 0.3 is 0 Å². The SMILES string of the molecule is O=C(COc1ccc(F)nc1)NC1CCOCC1. The molecule has 6 heteroatoms. The van der Waals surface area contributed by atoms with E-state index in [0.717, 1.165) is 12.8 Å². The van der Waals surface area contributed by atoms with Gasteiger partial charge in [-0.25, -0.2) is 4.98 Å². The Morgan fingerprint density at radius 2 is 2.28 bits per heavy atom. The number of halogens is 1. The third-order valence-corrected chi connectivity index (χ3v) is 2.66. The third kappa shape index (κ3) is 3.96. The van der Waals surface area contributed by atoms with Gasteiger partial charge in [0.05, 0.1) is 6.20 Å². The Balaban J connectivity index is 1.72. The van der Waals surface area contributed by atoms with E-state index in [9.17, 15) is 9.18 Å². The second-order valence-corrected chi connectivity index (χ2v) is 4.06. The number of pyridine rings is 1. The van der Waals surface area contributed by atoms with Crippen molar-refractivity contribution in [3.05, 3.63) is 24.3 Å². The molecular weight excluding hydrogens is 239 g/mol. The van der Waals surface area contributed by atoms with E-state index in [1.165, 1.54) is 18.3 Å². The summed E-state index contributed by atoms with van der Waals surface area (Å²) in [6.45, 7) is 1.26. The summed E-state index contributed by atoms with van der Waals surface area (Å²) in [6.07, 6.45) is 2.89.